The van der Waals surface area contributed by atoms with E-state index in [4.69, 9.17) is 4.74 Å². The highest BCUT2D eigenvalue weighted by Crippen LogP contribution is 2.33. The molecule has 1 fully saturated rings. The third-order valence-electron chi connectivity index (χ3n) is 7.64. The first-order valence-corrected chi connectivity index (χ1v) is 14.1. The van der Waals surface area contributed by atoms with Gasteiger partial charge in [-0.1, -0.05) is 36.4 Å². The fraction of sp³-hybridized carbons (Fsp3) is 0.206. The van der Waals surface area contributed by atoms with Crippen molar-refractivity contribution in [1.82, 2.24) is 15.1 Å². The van der Waals surface area contributed by atoms with Crippen LogP contribution in [-0.4, -0.2) is 29.3 Å². The predicted molar refractivity (Wildman–Crippen MR) is 161 cm³/mol. The van der Waals surface area contributed by atoms with Gasteiger partial charge in [0.25, 0.3) is 5.91 Å². The number of benzene rings is 4. The first-order chi connectivity index (χ1) is 21.2. The minimum atomic E-state index is -4.77. The summed E-state index contributed by atoms with van der Waals surface area (Å²) in [6.45, 7) is 0.836. The van der Waals surface area contributed by atoms with Crippen molar-refractivity contribution in [1.29, 1.82) is 5.26 Å². The number of methoxy groups -OCH3 is 1. The zero-order valence-corrected chi connectivity index (χ0v) is 23.7. The van der Waals surface area contributed by atoms with Crippen LogP contribution in [0.3, 0.4) is 0 Å². The molecule has 0 radical (unpaired) electrons. The van der Waals surface area contributed by atoms with E-state index >= 15 is 0 Å². The third kappa shape index (κ3) is 6.28. The quantitative estimate of drug-likeness (QED) is 0.187. The van der Waals surface area contributed by atoms with Crippen LogP contribution in [0.4, 0.5) is 18.9 Å². The Kier molecular flexibility index (Phi) is 7.80. The molecule has 1 atom stereocenters. The second-order valence-corrected chi connectivity index (χ2v) is 10.8. The Morgan fingerprint density at radius 2 is 1.75 bits per heavy atom. The van der Waals surface area contributed by atoms with E-state index in [1.54, 1.807) is 19.2 Å². The Balaban J connectivity index is 1.32. The van der Waals surface area contributed by atoms with Gasteiger partial charge in [-0.3, -0.25) is 4.79 Å². The molecular weight excluding hydrogens is 567 g/mol. The van der Waals surface area contributed by atoms with Crippen LogP contribution < -0.4 is 15.4 Å². The Hall–Kier alpha value is -5.14. The average Bonchev–Trinajstić information content (AvgIpc) is 3.74. The molecule has 1 unspecified atom stereocenters. The predicted octanol–water partition coefficient (Wildman–Crippen LogP) is 7.27. The normalized spacial score (nSPS) is 13.8. The zero-order chi connectivity index (χ0) is 30.8. The maximum atomic E-state index is 13.6. The molecule has 222 valence electrons. The van der Waals surface area contributed by atoms with E-state index < -0.39 is 17.8 Å². The molecule has 0 spiro atoms. The summed E-state index contributed by atoms with van der Waals surface area (Å²) in [4.78, 5) is 13.4. The number of aromatic nitrogens is 2. The monoisotopic (exact) mass is 595 g/mol. The molecule has 7 nitrogen and oxygen atoms in total. The number of carbonyl (C=O) groups excluding carboxylic acids is 1. The lowest BCUT2D eigenvalue weighted by Crippen LogP contribution is -2.25. The summed E-state index contributed by atoms with van der Waals surface area (Å²) in [7, 11) is 1.63. The van der Waals surface area contributed by atoms with Crippen LogP contribution >= 0.6 is 0 Å². The zero-order valence-electron chi connectivity index (χ0n) is 23.7. The smallest absolute Gasteiger partial charge is 0.435 e. The van der Waals surface area contributed by atoms with E-state index in [9.17, 15) is 23.2 Å². The molecule has 4 aromatic carbocycles. The van der Waals surface area contributed by atoms with Gasteiger partial charge in [-0.05, 0) is 95.7 Å². The summed E-state index contributed by atoms with van der Waals surface area (Å²) in [5, 5.41) is 21.5. The molecule has 0 aliphatic heterocycles. The van der Waals surface area contributed by atoms with Crippen molar-refractivity contribution in [3.05, 3.63) is 119 Å². The number of carbonyl (C=O) groups is 1. The van der Waals surface area contributed by atoms with Gasteiger partial charge in [0, 0.05) is 11.8 Å². The summed E-state index contributed by atoms with van der Waals surface area (Å²) in [6, 6.07) is 27.8. The first-order valence-electron chi connectivity index (χ1n) is 14.1. The minimum Gasteiger partial charge on any atom is -0.497 e. The molecule has 1 aliphatic carbocycles. The van der Waals surface area contributed by atoms with Crippen LogP contribution in [0.5, 0.6) is 5.75 Å². The van der Waals surface area contributed by atoms with Crippen molar-refractivity contribution in [3.8, 4) is 17.5 Å². The molecule has 2 N–H and O–H groups in total. The molecule has 0 saturated heterocycles. The molecule has 1 amide bonds. The number of nitrogens with one attached hydrogen (secondary N) is 2. The van der Waals surface area contributed by atoms with Gasteiger partial charge < -0.3 is 15.4 Å². The SMILES string of the molecule is COc1ccc2cc(C(NCC3CC3)c3cccc(NC(=O)c4cc(C(F)(F)F)nn4-c4cccc(C#N)c4)c3)ccc2c1. The number of fused-ring (bicyclic) bond motifs is 1. The molecule has 1 aliphatic rings. The number of rotatable bonds is 9. The highest BCUT2D eigenvalue weighted by Gasteiger charge is 2.36. The van der Waals surface area contributed by atoms with Crippen molar-refractivity contribution in [2.75, 3.05) is 19.0 Å². The number of hydrogen-bond donors (Lipinski definition) is 2. The second-order valence-electron chi connectivity index (χ2n) is 10.8. The van der Waals surface area contributed by atoms with Gasteiger partial charge in [0.1, 0.15) is 11.4 Å². The second kappa shape index (κ2) is 11.9. The van der Waals surface area contributed by atoms with Crippen molar-refractivity contribution in [2.45, 2.75) is 25.1 Å². The summed E-state index contributed by atoms with van der Waals surface area (Å²) in [5.74, 6) is 0.626. The van der Waals surface area contributed by atoms with E-state index in [-0.39, 0.29) is 23.0 Å². The minimum absolute atomic E-state index is 0.164. The van der Waals surface area contributed by atoms with Crippen LogP contribution in [0.25, 0.3) is 16.5 Å². The number of amides is 1. The highest BCUT2D eigenvalue weighted by molar-refractivity contribution is 6.03. The van der Waals surface area contributed by atoms with Crippen molar-refractivity contribution in [2.24, 2.45) is 5.92 Å². The maximum Gasteiger partial charge on any atom is 0.435 e. The van der Waals surface area contributed by atoms with E-state index in [2.05, 4.69) is 27.9 Å². The van der Waals surface area contributed by atoms with E-state index in [1.807, 2.05) is 42.5 Å². The first kappa shape index (κ1) is 29.0. The van der Waals surface area contributed by atoms with E-state index in [0.29, 0.717) is 17.7 Å². The van der Waals surface area contributed by atoms with Crippen LogP contribution in [0, 0.1) is 17.2 Å². The van der Waals surface area contributed by atoms with E-state index in [0.717, 1.165) is 38.9 Å². The number of nitriles is 1. The average molecular weight is 596 g/mol. The lowest BCUT2D eigenvalue weighted by molar-refractivity contribution is -0.141. The van der Waals surface area contributed by atoms with Gasteiger partial charge in [-0.25, -0.2) is 4.68 Å². The summed E-state index contributed by atoms with van der Waals surface area (Å²) >= 11 is 0. The number of anilines is 1. The van der Waals surface area contributed by atoms with Crippen LogP contribution in [0.15, 0.2) is 91.0 Å². The van der Waals surface area contributed by atoms with Gasteiger partial charge in [-0.2, -0.15) is 23.5 Å². The van der Waals surface area contributed by atoms with Crippen LogP contribution in [0.2, 0.25) is 0 Å². The summed E-state index contributed by atoms with van der Waals surface area (Å²) in [5.41, 5.74) is 1.21. The van der Waals surface area contributed by atoms with Gasteiger partial charge in [0.15, 0.2) is 5.69 Å². The number of nitrogens with zero attached hydrogens (tertiary/aromatic N) is 3. The van der Waals surface area contributed by atoms with Crippen molar-refractivity contribution < 1.29 is 22.7 Å². The highest BCUT2D eigenvalue weighted by atomic mass is 19.4. The molecule has 1 aromatic heterocycles. The molecule has 10 heteroatoms. The lowest BCUT2D eigenvalue weighted by atomic mass is 9.95. The van der Waals surface area contributed by atoms with E-state index in [1.165, 1.54) is 37.1 Å². The van der Waals surface area contributed by atoms with Gasteiger partial charge >= 0.3 is 6.18 Å². The molecule has 5 aromatic rings. The summed E-state index contributed by atoms with van der Waals surface area (Å²) < 4.78 is 47.2. The largest absolute Gasteiger partial charge is 0.497 e. The third-order valence-corrected chi connectivity index (χ3v) is 7.64. The maximum absolute atomic E-state index is 13.6. The standard InChI is InChI=1S/C34H28F3N5O2/c1-44-29-13-12-23-15-26(11-10-24(23)17-29)32(39-20-21-8-9-21)25-5-3-6-27(16-25)40-33(43)30-18-31(34(35,36)37)41-42(30)28-7-2-4-22(14-28)19-38/h2-7,10-18,21,32,39H,8-9,20H2,1H3,(H,40,43). The van der Waals surface area contributed by atoms with Gasteiger partial charge in [-0.15, -0.1) is 0 Å². The molecule has 0 bridgehead atoms. The van der Waals surface area contributed by atoms with Gasteiger partial charge in [0.2, 0.25) is 0 Å². The lowest BCUT2D eigenvalue weighted by Gasteiger charge is -2.21. The Labute approximate surface area is 251 Å². The number of halogens is 3. The molecule has 1 saturated carbocycles. The fourth-order valence-electron chi connectivity index (χ4n) is 5.16. The Morgan fingerprint density at radius 3 is 2.50 bits per heavy atom. The van der Waals surface area contributed by atoms with Crippen molar-refractivity contribution in [3.63, 3.8) is 0 Å². The molecule has 6 rings (SSSR count). The molecule has 44 heavy (non-hydrogen) atoms. The van der Waals surface area contributed by atoms with Crippen LogP contribution in [0.1, 0.15) is 51.8 Å². The number of hydrogen-bond acceptors (Lipinski definition) is 5. The Morgan fingerprint density at radius 1 is 1.00 bits per heavy atom. The molecule has 1 heterocycles. The fourth-order valence-corrected chi connectivity index (χ4v) is 5.16. The summed E-state index contributed by atoms with van der Waals surface area (Å²) in [6.07, 6.45) is -2.41. The van der Waals surface area contributed by atoms with Crippen molar-refractivity contribution >= 4 is 22.4 Å². The number of alkyl halides is 3. The van der Waals surface area contributed by atoms with Crippen LogP contribution in [-0.2, 0) is 6.18 Å². The topological polar surface area (TPSA) is 92.0 Å². The van der Waals surface area contributed by atoms with Gasteiger partial charge in [0.05, 0.1) is 30.5 Å². The molecular formula is C34H28F3N5O2. The Bertz CT molecular complexity index is 1890. The number of ether oxygens (including phenoxy) is 1.